The normalized spacial score (nSPS) is 18.4. The molecule has 1 amide bonds. The zero-order chi connectivity index (χ0) is 16.8. The van der Waals surface area contributed by atoms with Gasteiger partial charge in [-0.05, 0) is 69.1 Å². The van der Waals surface area contributed by atoms with E-state index in [-0.39, 0.29) is 0 Å². The first-order chi connectivity index (χ1) is 11.8. The SMILES string of the molecule is COc1ccc(CCCCN2CCCC2=O)cc1OC1CCCC1. The van der Waals surface area contributed by atoms with Gasteiger partial charge in [0.1, 0.15) is 0 Å². The summed E-state index contributed by atoms with van der Waals surface area (Å²) in [5.41, 5.74) is 1.29. The largest absolute Gasteiger partial charge is 0.493 e. The predicted molar refractivity (Wildman–Crippen MR) is 94.6 cm³/mol. The van der Waals surface area contributed by atoms with Crippen molar-refractivity contribution in [1.29, 1.82) is 0 Å². The lowest BCUT2D eigenvalue weighted by Gasteiger charge is -2.17. The minimum absolute atomic E-state index is 0.326. The van der Waals surface area contributed by atoms with Crippen molar-refractivity contribution in [3.63, 3.8) is 0 Å². The number of nitrogens with zero attached hydrogens (tertiary/aromatic N) is 1. The van der Waals surface area contributed by atoms with Gasteiger partial charge in [0.05, 0.1) is 13.2 Å². The van der Waals surface area contributed by atoms with Crippen molar-refractivity contribution in [2.45, 2.75) is 63.9 Å². The lowest BCUT2D eigenvalue weighted by molar-refractivity contribution is -0.127. The minimum atomic E-state index is 0.326. The first kappa shape index (κ1) is 17.1. The van der Waals surface area contributed by atoms with Crippen LogP contribution in [0, 0.1) is 0 Å². The molecule has 3 rings (SSSR count). The van der Waals surface area contributed by atoms with Gasteiger partial charge in [-0.1, -0.05) is 6.07 Å². The fraction of sp³-hybridized carbons (Fsp3) is 0.650. The quantitative estimate of drug-likeness (QED) is 0.677. The Balaban J connectivity index is 1.50. The van der Waals surface area contributed by atoms with E-state index in [1.54, 1.807) is 7.11 Å². The number of aryl methyl sites for hydroxylation is 1. The van der Waals surface area contributed by atoms with Crippen LogP contribution in [0.5, 0.6) is 11.5 Å². The van der Waals surface area contributed by atoms with Crippen LogP contribution in [0.3, 0.4) is 0 Å². The summed E-state index contributed by atoms with van der Waals surface area (Å²) in [6, 6.07) is 6.28. The Morgan fingerprint density at radius 2 is 1.96 bits per heavy atom. The van der Waals surface area contributed by atoms with E-state index >= 15 is 0 Å². The van der Waals surface area contributed by atoms with E-state index in [0.29, 0.717) is 12.0 Å². The van der Waals surface area contributed by atoms with E-state index in [2.05, 4.69) is 12.1 Å². The molecule has 24 heavy (non-hydrogen) atoms. The van der Waals surface area contributed by atoms with Crippen LogP contribution in [0.25, 0.3) is 0 Å². The average Bonchev–Trinajstić information content (AvgIpc) is 3.24. The van der Waals surface area contributed by atoms with Crippen molar-refractivity contribution in [2.75, 3.05) is 20.2 Å². The monoisotopic (exact) mass is 331 g/mol. The molecule has 2 aliphatic rings. The first-order valence-corrected chi connectivity index (χ1v) is 9.37. The van der Waals surface area contributed by atoms with Crippen LogP contribution in [-0.2, 0) is 11.2 Å². The number of amides is 1. The third kappa shape index (κ3) is 4.43. The summed E-state index contributed by atoms with van der Waals surface area (Å²) in [5.74, 6) is 2.04. The van der Waals surface area contributed by atoms with Gasteiger partial charge in [-0.2, -0.15) is 0 Å². The zero-order valence-electron chi connectivity index (χ0n) is 14.8. The Bertz CT molecular complexity index is 552. The predicted octanol–water partition coefficient (Wildman–Crippen LogP) is 3.96. The summed E-state index contributed by atoms with van der Waals surface area (Å²) in [7, 11) is 1.70. The van der Waals surface area contributed by atoms with Crippen molar-refractivity contribution in [3.05, 3.63) is 23.8 Å². The third-order valence-electron chi connectivity index (χ3n) is 5.14. The van der Waals surface area contributed by atoms with E-state index in [1.165, 1.54) is 18.4 Å². The second kappa shape index (κ2) is 8.41. The fourth-order valence-electron chi connectivity index (χ4n) is 3.73. The van der Waals surface area contributed by atoms with Crippen LogP contribution in [0.1, 0.15) is 56.9 Å². The van der Waals surface area contributed by atoms with E-state index in [1.807, 2.05) is 11.0 Å². The number of rotatable bonds is 8. The molecule has 0 bridgehead atoms. The molecule has 4 nitrogen and oxygen atoms in total. The summed E-state index contributed by atoms with van der Waals surface area (Å²) >= 11 is 0. The van der Waals surface area contributed by atoms with Crippen molar-refractivity contribution in [1.82, 2.24) is 4.90 Å². The van der Waals surface area contributed by atoms with Gasteiger partial charge in [0.2, 0.25) is 5.91 Å². The van der Waals surface area contributed by atoms with Crippen LogP contribution >= 0.6 is 0 Å². The molecule has 0 spiro atoms. The van der Waals surface area contributed by atoms with Gasteiger partial charge >= 0.3 is 0 Å². The van der Waals surface area contributed by atoms with Crippen LogP contribution in [0.15, 0.2) is 18.2 Å². The van der Waals surface area contributed by atoms with Gasteiger partial charge in [-0.3, -0.25) is 4.79 Å². The Hall–Kier alpha value is -1.71. The smallest absolute Gasteiger partial charge is 0.222 e. The Labute approximate surface area is 145 Å². The zero-order valence-corrected chi connectivity index (χ0v) is 14.8. The summed E-state index contributed by atoms with van der Waals surface area (Å²) in [6.07, 6.45) is 10.1. The number of ether oxygens (including phenoxy) is 2. The molecule has 0 radical (unpaired) electrons. The van der Waals surface area contributed by atoms with Crippen LogP contribution in [0.4, 0.5) is 0 Å². The lowest BCUT2D eigenvalue weighted by atomic mass is 10.1. The second-order valence-electron chi connectivity index (χ2n) is 6.95. The fourth-order valence-corrected chi connectivity index (χ4v) is 3.73. The molecule has 0 N–H and O–H groups in total. The maximum Gasteiger partial charge on any atom is 0.222 e. The van der Waals surface area contributed by atoms with Crippen molar-refractivity contribution in [2.24, 2.45) is 0 Å². The average molecular weight is 331 g/mol. The van der Waals surface area contributed by atoms with Crippen LogP contribution in [0.2, 0.25) is 0 Å². The molecule has 1 saturated heterocycles. The molecule has 1 aromatic rings. The van der Waals surface area contributed by atoms with Gasteiger partial charge < -0.3 is 14.4 Å². The first-order valence-electron chi connectivity index (χ1n) is 9.37. The van der Waals surface area contributed by atoms with Gasteiger partial charge in [0.25, 0.3) is 0 Å². The molecule has 1 aliphatic heterocycles. The summed E-state index contributed by atoms with van der Waals surface area (Å²) in [4.78, 5) is 13.6. The highest BCUT2D eigenvalue weighted by atomic mass is 16.5. The summed E-state index contributed by atoms with van der Waals surface area (Å²) in [5, 5.41) is 0. The highest BCUT2D eigenvalue weighted by Gasteiger charge is 2.20. The molecule has 4 heteroatoms. The maximum absolute atomic E-state index is 11.6. The molecule has 132 valence electrons. The highest BCUT2D eigenvalue weighted by Crippen LogP contribution is 2.32. The Morgan fingerprint density at radius 1 is 1.12 bits per heavy atom. The van der Waals surface area contributed by atoms with E-state index in [9.17, 15) is 4.79 Å². The van der Waals surface area contributed by atoms with Crippen LogP contribution < -0.4 is 9.47 Å². The Morgan fingerprint density at radius 3 is 2.67 bits per heavy atom. The highest BCUT2D eigenvalue weighted by molar-refractivity contribution is 5.77. The van der Waals surface area contributed by atoms with E-state index < -0.39 is 0 Å². The van der Waals surface area contributed by atoms with Gasteiger partial charge in [-0.25, -0.2) is 0 Å². The molecule has 0 atom stereocenters. The molecule has 1 aliphatic carbocycles. The molecule has 1 heterocycles. The number of hydrogen-bond donors (Lipinski definition) is 0. The summed E-state index contributed by atoms with van der Waals surface area (Å²) in [6.45, 7) is 1.85. The summed E-state index contributed by atoms with van der Waals surface area (Å²) < 4.78 is 11.6. The second-order valence-corrected chi connectivity index (χ2v) is 6.95. The van der Waals surface area contributed by atoms with E-state index in [4.69, 9.17) is 9.47 Å². The molecule has 1 saturated carbocycles. The van der Waals surface area contributed by atoms with E-state index in [0.717, 1.165) is 69.5 Å². The number of carbonyl (C=O) groups excluding carboxylic acids is 1. The van der Waals surface area contributed by atoms with Crippen molar-refractivity contribution >= 4 is 5.91 Å². The topological polar surface area (TPSA) is 38.8 Å². The number of carbonyl (C=O) groups is 1. The number of likely N-dealkylation sites (tertiary alicyclic amines) is 1. The molecular formula is C20H29NO3. The number of methoxy groups -OCH3 is 1. The van der Waals surface area contributed by atoms with Crippen molar-refractivity contribution < 1.29 is 14.3 Å². The van der Waals surface area contributed by atoms with Gasteiger partial charge in [0.15, 0.2) is 11.5 Å². The molecule has 1 aromatic carbocycles. The molecule has 0 aromatic heterocycles. The van der Waals surface area contributed by atoms with Gasteiger partial charge in [-0.15, -0.1) is 0 Å². The third-order valence-corrected chi connectivity index (χ3v) is 5.14. The Kier molecular flexibility index (Phi) is 6.00. The van der Waals surface area contributed by atoms with Gasteiger partial charge in [0, 0.05) is 19.5 Å². The number of unbranched alkanes of at least 4 members (excludes halogenated alkanes) is 1. The number of hydrogen-bond acceptors (Lipinski definition) is 3. The van der Waals surface area contributed by atoms with Crippen LogP contribution in [-0.4, -0.2) is 37.1 Å². The standard InChI is InChI=1S/C20H29NO3/c1-23-18-12-11-16(15-19(18)24-17-8-2-3-9-17)7-4-5-13-21-14-6-10-20(21)22/h11-12,15,17H,2-10,13-14H2,1H3. The lowest BCUT2D eigenvalue weighted by Crippen LogP contribution is -2.25. The minimum Gasteiger partial charge on any atom is -0.493 e. The molecule has 2 fully saturated rings. The maximum atomic E-state index is 11.6. The number of benzene rings is 1. The van der Waals surface area contributed by atoms with Crippen molar-refractivity contribution in [3.8, 4) is 11.5 Å². The molecular weight excluding hydrogens is 302 g/mol. The molecule has 0 unspecified atom stereocenters.